The van der Waals surface area contributed by atoms with Gasteiger partial charge in [-0.05, 0) is 50.7 Å². The third-order valence-electron chi connectivity index (χ3n) is 6.49. The largest absolute Gasteiger partial charge is 0.468 e. The molecule has 0 N–H and O–H groups in total. The number of allylic oxidation sites excluding steroid dienone is 1. The van der Waals surface area contributed by atoms with Crippen LogP contribution in [0.2, 0.25) is 10.0 Å². The number of halogens is 3. The van der Waals surface area contributed by atoms with Crippen LogP contribution in [0.25, 0.3) is 0 Å². The summed E-state index contributed by atoms with van der Waals surface area (Å²) in [5.41, 5.74) is 1.98. The first-order valence-corrected chi connectivity index (χ1v) is 13.0. The van der Waals surface area contributed by atoms with E-state index in [1.165, 1.54) is 19.2 Å². The fraction of sp³-hybridized carbons (Fsp3) is 0.414. The van der Waals surface area contributed by atoms with Crippen LogP contribution in [0, 0.1) is 17.2 Å². The van der Waals surface area contributed by atoms with Gasteiger partial charge >= 0.3 is 11.9 Å². The second-order valence-electron chi connectivity index (χ2n) is 10.4. The van der Waals surface area contributed by atoms with Gasteiger partial charge in [-0.15, -0.1) is 0 Å². The predicted octanol–water partition coefficient (Wildman–Crippen LogP) is 6.46. The standard InChI is InChI=1S/C29H33Cl2FN2O4/c1-17-24(27(35)37-6)26(19-9-7-10-20(32)13-19)25(18(2)33-17)28(36)38-16-29(3,4)15-34(5)14-21-22(30)11-8-12-23(21)31/h7-13,24,26H,14-16H2,1-6H3. The molecule has 1 aliphatic rings. The van der Waals surface area contributed by atoms with Gasteiger partial charge in [0, 0.05) is 51.4 Å². The molecular formula is C29H33Cl2FN2O4. The fourth-order valence-corrected chi connectivity index (χ4v) is 5.44. The summed E-state index contributed by atoms with van der Waals surface area (Å²) in [6.07, 6.45) is 0. The molecule has 38 heavy (non-hydrogen) atoms. The molecule has 0 amide bonds. The summed E-state index contributed by atoms with van der Waals surface area (Å²) >= 11 is 12.6. The Morgan fingerprint density at radius 2 is 1.74 bits per heavy atom. The third kappa shape index (κ3) is 7.01. The zero-order valence-corrected chi connectivity index (χ0v) is 24.0. The minimum atomic E-state index is -0.882. The second kappa shape index (κ2) is 12.4. The molecule has 0 aliphatic carbocycles. The molecule has 0 aromatic heterocycles. The van der Waals surface area contributed by atoms with Crippen molar-refractivity contribution in [1.82, 2.24) is 4.90 Å². The quantitative estimate of drug-likeness (QED) is 0.328. The van der Waals surface area contributed by atoms with Gasteiger partial charge < -0.3 is 14.4 Å². The average Bonchev–Trinajstić information content (AvgIpc) is 2.84. The maximum absolute atomic E-state index is 14.2. The van der Waals surface area contributed by atoms with Gasteiger partial charge in [0.05, 0.1) is 19.3 Å². The van der Waals surface area contributed by atoms with Gasteiger partial charge in [-0.3, -0.25) is 9.79 Å². The van der Waals surface area contributed by atoms with Crippen LogP contribution in [-0.2, 0) is 25.6 Å². The number of hydrogen-bond donors (Lipinski definition) is 0. The van der Waals surface area contributed by atoms with Crippen LogP contribution in [-0.4, -0.2) is 49.9 Å². The molecule has 2 atom stereocenters. The highest BCUT2D eigenvalue weighted by molar-refractivity contribution is 6.35. The van der Waals surface area contributed by atoms with Gasteiger partial charge in [0.2, 0.25) is 0 Å². The van der Waals surface area contributed by atoms with Crippen molar-refractivity contribution in [3.05, 3.63) is 80.7 Å². The lowest BCUT2D eigenvalue weighted by Gasteiger charge is -2.33. The van der Waals surface area contributed by atoms with E-state index in [9.17, 15) is 14.0 Å². The molecular weight excluding hydrogens is 530 g/mol. The molecule has 2 unspecified atom stereocenters. The maximum atomic E-state index is 14.2. The van der Waals surface area contributed by atoms with E-state index in [0.717, 1.165) is 5.56 Å². The molecule has 2 aromatic rings. The molecule has 0 spiro atoms. The van der Waals surface area contributed by atoms with Gasteiger partial charge in [0.15, 0.2) is 0 Å². The Morgan fingerprint density at radius 3 is 2.34 bits per heavy atom. The summed E-state index contributed by atoms with van der Waals surface area (Å²) < 4.78 is 25.0. The summed E-state index contributed by atoms with van der Waals surface area (Å²) in [5, 5.41) is 1.18. The number of benzene rings is 2. The number of ether oxygens (including phenoxy) is 2. The molecule has 1 aliphatic heterocycles. The molecule has 0 bridgehead atoms. The normalized spacial score (nSPS) is 17.9. The van der Waals surface area contributed by atoms with Crippen LogP contribution >= 0.6 is 23.2 Å². The number of aliphatic imine (C=N–C) groups is 1. The number of hydrogen-bond acceptors (Lipinski definition) is 6. The molecule has 204 valence electrons. The van der Waals surface area contributed by atoms with Crippen LogP contribution in [0.5, 0.6) is 0 Å². The summed E-state index contributed by atoms with van der Waals surface area (Å²) in [6.45, 7) is 8.56. The van der Waals surface area contributed by atoms with Crippen molar-refractivity contribution in [3.63, 3.8) is 0 Å². The number of methoxy groups -OCH3 is 1. The van der Waals surface area contributed by atoms with Crippen molar-refractivity contribution in [3.8, 4) is 0 Å². The topological polar surface area (TPSA) is 68.2 Å². The zero-order chi connectivity index (χ0) is 28.2. The van der Waals surface area contributed by atoms with E-state index < -0.39 is 35.0 Å². The molecule has 0 fully saturated rings. The minimum absolute atomic E-state index is 0.102. The smallest absolute Gasteiger partial charge is 0.336 e. The van der Waals surface area contributed by atoms with Crippen LogP contribution < -0.4 is 0 Å². The van der Waals surface area contributed by atoms with Crippen molar-refractivity contribution >= 4 is 40.9 Å². The van der Waals surface area contributed by atoms with Crippen molar-refractivity contribution in [2.45, 2.75) is 40.2 Å². The molecule has 0 saturated heterocycles. The van der Waals surface area contributed by atoms with Gasteiger partial charge in [-0.25, -0.2) is 9.18 Å². The van der Waals surface area contributed by atoms with Gasteiger partial charge in [-0.2, -0.15) is 0 Å². The van der Waals surface area contributed by atoms with E-state index in [2.05, 4.69) is 9.89 Å². The highest BCUT2D eigenvalue weighted by Gasteiger charge is 2.42. The van der Waals surface area contributed by atoms with E-state index in [1.807, 2.05) is 20.9 Å². The van der Waals surface area contributed by atoms with Gasteiger partial charge in [0.1, 0.15) is 11.7 Å². The van der Waals surface area contributed by atoms with E-state index >= 15 is 0 Å². The molecule has 3 rings (SSSR count). The van der Waals surface area contributed by atoms with Crippen molar-refractivity contribution in [2.24, 2.45) is 16.3 Å². The number of esters is 2. The molecule has 0 saturated carbocycles. The lowest BCUT2D eigenvalue weighted by atomic mass is 9.75. The SMILES string of the molecule is COC(=O)C1C(C)=NC(C)=C(C(=O)OCC(C)(C)CN(C)Cc2c(Cl)cccc2Cl)C1c1cccc(F)c1. The summed E-state index contributed by atoms with van der Waals surface area (Å²) in [5.74, 6) is -3.31. The van der Waals surface area contributed by atoms with Crippen molar-refractivity contribution in [2.75, 3.05) is 27.3 Å². The molecule has 1 heterocycles. The molecule has 0 radical (unpaired) electrons. The first kappa shape index (κ1) is 29.8. The molecule has 9 heteroatoms. The Bertz CT molecular complexity index is 1250. The van der Waals surface area contributed by atoms with Gasteiger partial charge in [-0.1, -0.05) is 55.2 Å². The zero-order valence-electron chi connectivity index (χ0n) is 22.5. The Balaban J connectivity index is 1.81. The van der Waals surface area contributed by atoms with E-state index in [1.54, 1.807) is 44.2 Å². The summed E-state index contributed by atoms with van der Waals surface area (Å²) in [7, 11) is 3.21. The first-order chi connectivity index (χ1) is 17.8. The fourth-order valence-electron chi connectivity index (χ4n) is 4.92. The van der Waals surface area contributed by atoms with Crippen LogP contribution in [0.1, 0.15) is 44.7 Å². The Kier molecular flexibility index (Phi) is 9.74. The monoisotopic (exact) mass is 562 g/mol. The van der Waals surface area contributed by atoms with Gasteiger partial charge in [0.25, 0.3) is 0 Å². The average molecular weight is 563 g/mol. The van der Waals surface area contributed by atoms with Crippen molar-refractivity contribution in [1.29, 1.82) is 0 Å². The van der Waals surface area contributed by atoms with E-state index in [4.69, 9.17) is 32.7 Å². The van der Waals surface area contributed by atoms with Crippen molar-refractivity contribution < 1.29 is 23.5 Å². The molecule has 2 aromatic carbocycles. The Hall–Kier alpha value is -2.74. The second-order valence-corrected chi connectivity index (χ2v) is 11.2. The maximum Gasteiger partial charge on any atom is 0.336 e. The van der Waals surface area contributed by atoms with Crippen LogP contribution in [0.4, 0.5) is 4.39 Å². The first-order valence-electron chi connectivity index (χ1n) is 12.2. The lowest BCUT2D eigenvalue weighted by Crippen LogP contribution is -2.38. The van der Waals surface area contributed by atoms with E-state index in [0.29, 0.717) is 40.1 Å². The molecule has 6 nitrogen and oxygen atoms in total. The summed E-state index contributed by atoms with van der Waals surface area (Å²) in [4.78, 5) is 32.8. The minimum Gasteiger partial charge on any atom is -0.468 e. The summed E-state index contributed by atoms with van der Waals surface area (Å²) in [6, 6.07) is 11.2. The highest BCUT2D eigenvalue weighted by Crippen LogP contribution is 2.40. The highest BCUT2D eigenvalue weighted by atomic mass is 35.5. The Labute approximate surface area is 233 Å². The number of carbonyl (C=O) groups is 2. The number of nitrogens with zero attached hydrogens (tertiary/aromatic N) is 2. The van der Waals surface area contributed by atoms with E-state index in [-0.39, 0.29) is 12.2 Å². The Morgan fingerprint density at radius 1 is 1.11 bits per heavy atom. The van der Waals surface area contributed by atoms with Crippen LogP contribution in [0.15, 0.2) is 58.7 Å². The third-order valence-corrected chi connectivity index (χ3v) is 7.20. The number of carbonyl (C=O) groups excluding carboxylic acids is 2. The predicted molar refractivity (Wildman–Crippen MR) is 148 cm³/mol. The van der Waals surface area contributed by atoms with Crippen LogP contribution in [0.3, 0.4) is 0 Å². The number of rotatable bonds is 9. The lowest BCUT2D eigenvalue weighted by molar-refractivity contribution is -0.145.